The number of anilines is 1. The van der Waals surface area contributed by atoms with Crippen LogP contribution in [0.3, 0.4) is 0 Å². The van der Waals surface area contributed by atoms with Gasteiger partial charge in [-0.3, -0.25) is 14.4 Å². The van der Waals surface area contributed by atoms with Crippen molar-refractivity contribution in [1.82, 2.24) is 5.32 Å². The lowest BCUT2D eigenvalue weighted by molar-refractivity contribution is -0.120. The fourth-order valence-electron chi connectivity index (χ4n) is 2.29. The van der Waals surface area contributed by atoms with E-state index in [0.717, 1.165) is 0 Å². The number of ether oxygens (including phenoxy) is 3. The van der Waals surface area contributed by atoms with Crippen LogP contribution in [0.1, 0.15) is 10.4 Å². The van der Waals surface area contributed by atoms with Crippen LogP contribution in [0, 0.1) is 0 Å². The Morgan fingerprint density at radius 2 is 1.61 bits per heavy atom. The van der Waals surface area contributed by atoms with Crippen LogP contribution >= 0.6 is 0 Å². The Morgan fingerprint density at radius 1 is 1.00 bits per heavy atom. The maximum atomic E-state index is 12.4. The van der Waals surface area contributed by atoms with Crippen LogP contribution in [0.4, 0.5) is 5.69 Å². The normalized spacial score (nSPS) is 9.93. The van der Waals surface area contributed by atoms with Crippen molar-refractivity contribution in [2.75, 3.05) is 32.7 Å². The number of hydrogen-bond acceptors (Lipinski definition) is 6. The highest BCUT2D eigenvalue weighted by molar-refractivity contribution is 6.00. The summed E-state index contributed by atoms with van der Waals surface area (Å²) >= 11 is 0. The summed E-state index contributed by atoms with van der Waals surface area (Å²) in [6, 6.07) is 11.7. The SMILES string of the molecule is COc1cc(C(=O)NCC(=O)Nc2ccccc2)cc(OC)c1OCC(N)=O. The van der Waals surface area contributed by atoms with Crippen LogP contribution in [0.2, 0.25) is 0 Å². The van der Waals surface area contributed by atoms with Crippen molar-refractivity contribution in [2.45, 2.75) is 0 Å². The number of methoxy groups -OCH3 is 2. The van der Waals surface area contributed by atoms with Gasteiger partial charge in [0.1, 0.15) is 0 Å². The van der Waals surface area contributed by atoms with Gasteiger partial charge in [0.05, 0.1) is 20.8 Å². The number of benzene rings is 2. The van der Waals surface area contributed by atoms with Gasteiger partial charge in [-0.05, 0) is 24.3 Å². The molecule has 0 spiro atoms. The van der Waals surface area contributed by atoms with Gasteiger partial charge in [0.25, 0.3) is 11.8 Å². The molecule has 9 heteroatoms. The molecule has 3 amide bonds. The van der Waals surface area contributed by atoms with E-state index in [1.54, 1.807) is 24.3 Å². The van der Waals surface area contributed by atoms with E-state index in [0.29, 0.717) is 5.69 Å². The molecule has 2 aromatic carbocycles. The second kappa shape index (κ2) is 9.81. The highest BCUT2D eigenvalue weighted by Crippen LogP contribution is 2.38. The maximum Gasteiger partial charge on any atom is 0.255 e. The first kappa shape index (κ1) is 20.6. The molecule has 0 saturated carbocycles. The average Bonchev–Trinajstić information content (AvgIpc) is 2.70. The van der Waals surface area contributed by atoms with Crippen LogP contribution in [-0.4, -0.2) is 45.1 Å². The summed E-state index contributed by atoms with van der Waals surface area (Å²) in [6.07, 6.45) is 0. The quantitative estimate of drug-likeness (QED) is 0.587. The molecule has 148 valence electrons. The number of primary amides is 1. The molecule has 0 aliphatic rings. The molecule has 9 nitrogen and oxygen atoms in total. The first-order valence-electron chi connectivity index (χ1n) is 8.24. The molecule has 0 unspecified atom stereocenters. The lowest BCUT2D eigenvalue weighted by Gasteiger charge is -2.15. The zero-order valence-electron chi connectivity index (χ0n) is 15.5. The molecule has 2 aromatic rings. The number of nitrogens with one attached hydrogen (secondary N) is 2. The largest absolute Gasteiger partial charge is 0.493 e. The minimum absolute atomic E-state index is 0.141. The number of hydrogen-bond donors (Lipinski definition) is 3. The van der Waals surface area contributed by atoms with Gasteiger partial charge in [-0.2, -0.15) is 0 Å². The van der Waals surface area contributed by atoms with Gasteiger partial charge in [0.2, 0.25) is 11.7 Å². The second-order valence-electron chi connectivity index (χ2n) is 5.56. The van der Waals surface area contributed by atoms with Gasteiger partial charge in [0.15, 0.2) is 18.1 Å². The number of rotatable bonds is 9. The Hall–Kier alpha value is -3.75. The molecule has 0 bridgehead atoms. The molecule has 2 rings (SSSR count). The molecular weight excluding hydrogens is 366 g/mol. The van der Waals surface area contributed by atoms with E-state index in [-0.39, 0.29) is 41.9 Å². The maximum absolute atomic E-state index is 12.4. The lowest BCUT2D eigenvalue weighted by atomic mass is 10.1. The predicted octanol–water partition coefficient (Wildman–Crippen LogP) is 0.936. The minimum Gasteiger partial charge on any atom is -0.493 e. The Morgan fingerprint density at radius 3 is 2.14 bits per heavy atom. The van der Waals surface area contributed by atoms with Crippen LogP contribution < -0.4 is 30.6 Å². The fraction of sp³-hybridized carbons (Fsp3) is 0.211. The van der Waals surface area contributed by atoms with Gasteiger partial charge in [-0.25, -0.2) is 0 Å². The zero-order valence-corrected chi connectivity index (χ0v) is 15.5. The summed E-state index contributed by atoms with van der Waals surface area (Å²) in [5.41, 5.74) is 5.89. The summed E-state index contributed by atoms with van der Waals surface area (Å²) in [4.78, 5) is 35.3. The number of carbonyl (C=O) groups excluding carboxylic acids is 3. The summed E-state index contributed by atoms with van der Waals surface area (Å²) in [6.45, 7) is -0.601. The van der Waals surface area contributed by atoms with Crippen LogP contribution in [0.15, 0.2) is 42.5 Å². The molecule has 0 radical (unpaired) electrons. The van der Waals surface area contributed by atoms with Gasteiger partial charge in [-0.15, -0.1) is 0 Å². The summed E-state index contributed by atoms with van der Waals surface area (Å²) in [5.74, 6) is -1.06. The van der Waals surface area contributed by atoms with Gasteiger partial charge in [-0.1, -0.05) is 18.2 Å². The second-order valence-corrected chi connectivity index (χ2v) is 5.56. The summed E-state index contributed by atoms with van der Waals surface area (Å²) in [7, 11) is 2.75. The van der Waals surface area contributed by atoms with Crippen molar-refractivity contribution in [3.8, 4) is 17.2 Å². The Kier molecular flexibility index (Phi) is 7.21. The van der Waals surface area contributed by atoms with Crippen LogP contribution in [0.5, 0.6) is 17.2 Å². The molecule has 0 aliphatic carbocycles. The molecule has 0 aliphatic heterocycles. The zero-order chi connectivity index (χ0) is 20.5. The van der Waals surface area contributed by atoms with E-state index in [1.807, 2.05) is 6.07 Å². The highest BCUT2D eigenvalue weighted by atomic mass is 16.5. The molecule has 0 heterocycles. The smallest absolute Gasteiger partial charge is 0.255 e. The van der Waals surface area contributed by atoms with Crippen molar-refractivity contribution in [1.29, 1.82) is 0 Å². The highest BCUT2D eigenvalue weighted by Gasteiger charge is 2.18. The van der Waals surface area contributed by atoms with E-state index < -0.39 is 11.8 Å². The number of carbonyl (C=O) groups is 3. The lowest BCUT2D eigenvalue weighted by Crippen LogP contribution is -2.32. The molecule has 4 N–H and O–H groups in total. The van der Waals surface area contributed by atoms with Crippen molar-refractivity contribution in [3.05, 3.63) is 48.0 Å². The van der Waals surface area contributed by atoms with Gasteiger partial charge < -0.3 is 30.6 Å². The first-order valence-corrected chi connectivity index (χ1v) is 8.24. The van der Waals surface area contributed by atoms with Crippen molar-refractivity contribution >= 4 is 23.4 Å². The van der Waals surface area contributed by atoms with E-state index in [1.165, 1.54) is 26.4 Å². The predicted molar refractivity (Wildman–Crippen MR) is 102 cm³/mol. The molecule has 0 fully saturated rings. The average molecular weight is 387 g/mol. The number of nitrogens with two attached hydrogens (primary N) is 1. The minimum atomic E-state index is -0.671. The Bertz CT molecular complexity index is 829. The van der Waals surface area contributed by atoms with E-state index in [2.05, 4.69) is 10.6 Å². The van der Waals surface area contributed by atoms with Gasteiger partial charge in [0, 0.05) is 11.3 Å². The third kappa shape index (κ3) is 5.63. The monoisotopic (exact) mass is 387 g/mol. The molecule has 0 atom stereocenters. The van der Waals surface area contributed by atoms with E-state index in [4.69, 9.17) is 19.9 Å². The Balaban J connectivity index is 2.07. The third-order valence-electron chi connectivity index (χ3n) is 3.55. The summed E-state index contributed by atoms with van der Waals surface area (Å²) < 4.78 is 15.7. The number of amides is 3. The van der Waals surface area contributed by atoms with Crippen LogP contribution in [0.25, 0.3) is 0 Å². The molecular formula is C19H21N3O6. The Labute approximate surface area is 161 Å². The van der Waals surface area contributed by atoms with Crippen molar-refractivity contribution in [2.24, 2.45) is 5.73 Å². The van der Waals surface area contributed by atoms with Crippen molar-refractivity contribution < 1.29 is 28.6 Å². The molecule has 0 aromatic heterocycles. The first-order chi connectivity index (χ1) is 13.4. The standard InChI is InChI=1S/C19H21N3O6/c1-26-14-8-12(9-15(27-2)18(14)28-11-16(20)23)19(25)21-10-17(24)22-13-6-4-3-5-7-13/h3-9H,10-11H2,1-2H3,(H2,20,23)(H,21,25)(H,22,24). The number of para-hydroxylation sites is 1. The summed E-state index contributed by atoms with van der Waals surface area (Å²) in [5, 5.41) is 5.18. The third-order valence-corrected chi connectivity index (χ3v) is 3.55. The molecule has 28 heavy (non-hydrogen) atoms. The van der Waals surface area contributed by atoms with Gasteiger partial charge >= 0.3 is 0 Å². The van der Waals surface area contributed by atoms with E-state index >= 15 is 0 Å². The van der Waals surface area contributed by atoms with E-state index in [9.17, 15) is 14.4 Å². The topological polar surface area (TPSA) is 129 Å². The van der Waals surface area contributed by atoms with Crippen LogP contribution in [-0.2, 0) is 9.59 Å². The molecule has 0 saturated heterocycles. The fourth-order valence-corrected chi connectivity index (χ4v) is 2.29. The van der Waals surface area contributed by atoms with Crippen molar-refractivity contribution in [3.63, 3.8) is 0 Å².